The van der Waals surface area contributed by atoms with Crippen LogP contribution in [0.2, 0.25) is 0 Å². The number of benzene rings is 2. The van der Waals surface area contributed by atoms with E-state index in [1.165, 1.54) is 0 Å². The van der Waals surface area contributed by atoms with Crippen LogP contribution in [0.5, 0.6) is 11.5 Å². The van der Waals surface area contributed by atoms with Gasteiger partial charge in [-0.2, -0.15) is 0 Å². The molecule has 112 valence electrons. The number of phenols is 1. The average molecular weight is 296 g/mol. The van der Waals surface area contributed by atoms with Gasteiger partial charge in [0.25, 0.3) is 0 Å². The van der Waals surface area contributed by atoms with Crippen LogP contribution in [0.3, 0.4) is 0 Å². The number of fused-ring (bicyclic) bond motifs is 1. The standard InChI is InChI=1S/C18H16O4/c1-2-13(11-7-9-12(19)10-8-11)16-17(20)14-5-3-4-6-15(14)22-18(16)21/h3-10,13,19-20H,2H2,1H3/t13-/m1/s1. The van der Waals surface area contributed by atoms with E-state index in [-0.39, 0.29) is 23.0 Å². The molecular formula is C18H16O4. The van der Waals surface area contributed by atoms with Crippen LogP contribution in [0.15, 0.2) is 57.7 Å². The van der Waals surface area contributed by atoms with Gasteiger partial charge in [-0.25, -0.2) is 4.79 Å². The van der Waals surface area contributed by atoms with Crippen molar-refractivity contribution in [3.05, 3.63) is 70.1 Å². The van der Waals surface area contributed by atoms with Crippen molar-refractivity contribution in [2.45, 2.75) is 19.3 Å². The van der Waals surface area contributed by atoms with Gasteiger partial charge in [-0.05, 0) is 36.2 Å². The highest BCUT2D eigenvalue weighted by molar-refractivity contribution is 5.84. The summed E-state index contributed by atoms with van der Waals surface area (Å²) in [5, 5.41) is 20.5. The molecule has 0 radical (unpaired) electrons. The number of rotatable bonds is 3. The summed E-state index contributed by atoms with van der Waals surface area (Å²) in [5.74, 6) is -0.165. The van der Waals surface area contributed by atoms with Crippen molar-refractivity contribution in [3.63, 3.8) is 0 Å². The fourth-order valence-electron chi connectivity index (χ4n) is 2.77. The second-order valence-corrected chi connectivity index (χ2v) is 5.20. The Hall–Kier alpha value is -2.75. The molecule has 1 aromatic heterocycles. The minimum atomic E-state index is -0.531. The summed E-state index contributed by atoms with van der Waals surface area (Å²) in [7, 11) is 0. The molecule has 0 fully saturated rings. The molecule has 2 aromatic carbocycles. The smallest absolute Gasteiger partial charge is 0.343 e. The Kier molecular flexibility index (Phi) is 3.59. The first-order chi connectivity index (χ1) is 10.6. The van der Waals surface area contributed by atoms with Crippen LogP contribution >= 0.6 is 0 Å². The molecule has 22 heavy (non-hydrogen) atoms. The first-order valence-corrected chi connectivity index (χ1v) is 7.15. The highest BCUT2D eigenvalue weighted by Gasteiger charge is 2.23. The van der Waals surface area contributed by atoms with Crippen molar-refractivity contribution in [3.8, 4) is 11.5 Å². The Morgan fingerprint density at radius 2 is 1.73 bits per heavy atom. The van der Waals surface area contributed by atoms with E-state index in [9.17, 15) is 15.0 Å². The van der Waals surface area contributed by atoms with Crippen LogP contribution < -0.4 is 5.63 Å². The van der Waals surface area contributed by atoms with Gasteiger partial charge in [0, 0.05) is 5.92 Å². The number of hydrogen-bond acceptors (Lipinski definition) is 4. The predicted octanol–water partition coefficient (Wildman–Crippen LogP) is 3.75. The van der Waals surface area contributed by atoms with E-state index in [1.807, 2.05) is 6.92 Å². The van der Waals surface area contributed by atoms with Crippen LogP contribution in [0.1, 0.15) is 30.4 Å². The summed E-state index contributed by atoms with van der Waals surface area (Å²) in [4.78, 5) is 12.3. The van der Waals surface area contributed by atoms with Gasteiger partial charge in [-0.3, -0.25) is 0 Å². The van der Waals surface area contributed by atoms with Crippen LogP contribution in [0, 0.1) is 0 Å². The van der Waals surface area contributed by atoms with E-state index in [2.05, 4.69) is 0 Å². The van der Waals surface area contributed by atoms with Crippen LogP contribution in [-0.2, 0) is 0 Å². The van der Waals surface area contributed by atoms with Gasteiger partial charge in [0.05, 0.1) is 10.9 Å². The third kappa shape index (κ3) is 2.33. The van der Waals surface area contributed by atoms with E-state index >= 15 is 0 Å². The molecule has 0 saturated carbocycles. The van der Waals surface area contributed by atoms with Gasteiger partial charge in [-0.1, -0.05) is 31.2 Å². The zero-order valence-electron chi connectivity index (χ0n) is 12.1. The maximum absolute atomic E-state index is 12.3. The highest BCUT2D eigenvalue weighted by atomic mass is 16.4. The summed E-state index contributed by atoms with van der Waals surface area (Å²) in [5.41, 5.74) is 0.940. The van der Waals surface area contributed by atoms with Crippen molar-refractivity contribution < 1.29 is 14.6 Å². The van der Waals surface area contributed by atoms with Gasteiger partial charge in [-0.15, -0.1) is 0 Å². The van der Waals surface area contributed by atoms with E-state index in [0.29, 0.717) is 17.4 Å². The maximum atomic E-state index is 12.3. The molecule has 0 saturated heterocycles. The molecular weight excluding hydrogens is 280 g/mol. The SMILES string of the molecule is CC[C@H](c1ccc(O)cc1)c1c(O)c2ccccc2oc1=O. The molecule has 2 N–H and O–H groups in total. The Balaban J connectivity index is 2.23. The molecule has 3 rings (SSSR count). The van der Waals surface area contributed by atoms with E-state index < -0.39 is 5.63 Å². The molecule has 1 atom stereocenters. The summed E-state index contributed by atoms with van der Waals surface area (Å²) in [6, 6.07) is 13.5. The van der Waals surface area contributed by atoms with Crippen molar-refractivity contribution in [1.82, 2.24) is 0 Å². The van der Waals surface area contributed by atoms with E-state index in [0.717, 1.165) is 5.56 Å². The van der Waals surface area contributed by atoms with E-state index in [4.69, 9.17) is 4.42 Å². The fraction of sp³-hybridized carbons (Fsp3) is 0.167. The second kappa shape index (κ2) is 5.56. The third-order valence-electron chi connectivity index (χ3n) is 3.87. The van der Waals surface area contributed by atoms with Crippen LogP contribution in [-0.4, -0.2) is 10.2 Å². The van der Waals surface area contributed by atoms with Gasteiger partial charge >= 0.3 is 5.63 Å². The Morgan fingerprint density at radius 3 is 2.41 bits per heavy atom. The average Bonchev–Trinajstić information content (AvgIpc) is 2.52. The zero-order chi connectivity index (χ0) is 15.7. The molecule has 0 aliphatic carbocycles. The molecule has 0 amide bonds. The normalized spacial score (nSPS) is 12.4. The predicted molar refractivity (Wildman–Crippen MR) is 84.4 cm³/mol. The van der Waals surface area contributed by atoms with Gasteiger partial charge < -0.3 is 14.6 Å². The quantitative estimate of drug-likeness (QED) is 0.722. The number of phenolic OH excluding ortho intramolecular Hbond substituents is 1. The molecule has 1 heterocycles. The summed E-state index contributed by atoms with van der Waals surface area (Å²) < 4.78 is 5.34. The van der Waals surface area contributed by atoms with Gasteiger partial charge in [0.2, 0.25) is 0 Å². The lowest BCUT2D eigenvalue weighted by Crippen LogP contribution is -2.13. The lowest BCUT2D eigenvalue weighted by Gasteiger charge is -2.16. The monoisotopic (exact) mass is 296 g/mol. The Bertz CT molecular complexity index is 862. The molecule has 4 heteroatoms. The molecule has 3 aromatic rings. The van der Waals surface area contributed by atoms with Gasteiger partial charge in [0.15, 0.2) is 0 Å². The van der Waals surface area contributed by atoms with Crippen molar-refractivity contribution in [2.24, 2.45) is 0 Å². The summed E-state index contributed by atoms with van der Waals surface area (Å²) >= 11 is 0. The van der Waals surface area contributed by atoms with Crippen LogP contribution in [0.25, 0.3) is 11.0 Å². The third-order valence-corrected chi connectivity index (χ3v) is 3.87. The first-order valence-electron chi connectivity index (χ1n) is 7.15. The summed E-state index contributed by atoms with van der Waals surface area (Å²) in [6.07, 6.45) is 0.626. The topological polar surface area (TPSA) is 70.7 Å². The number of aromatic hydroxyl groups is 2. The first kappa shape index (κ1) is 14.2. The summed E-state index contributed by atoms with van der Waals surface area (Å²) in [6.45, 7) is 1.94. The molecule has 0 spiro atoms. The maximum Gasteiger partial charge on any atom is 0.343 e. The lowest BCUT2D eigenvalue weighted by molar-refractivity contribution is 0.450. The minimum absolute atomic E-state index is 0.0354. The van der Waals surface area contributed by atoms with Crippen molar-refractivity contribution in [2.75, 3.05) is 0 Å². The Labute approximate surface area is 127 Å². The highest BCUT2D eigenvalue weighted by Crippen LogP contribution is 2.36. The molecule has 4 nitrogen and oxygen atoms in total. The fourth-order valence-corrected chi connectivity index (χ4v) is 2.77. The van der Waals surface area contributed by atoms with Crippen LogP contribution in [0.4, 0.5) is 0 Å². The zero-order valence-corrected chi connectivity index (χ0v) is 12.1. The number of hydrogen-bond donors (Lipinski definition) is 2. The molecule has 0 aliphatic heterocycles. The largest absolute Gasteiger partial charge is 0.508 e. The Morgan fingerprint density at radius 1 is 1.05 bits per heavy atom. The molecule has 0 unspecified atom stereocenters. The molecule has 0 aliphatic rings. The molecule has 0 bridgehead atoms. The lowest BCUT2D eigenvalue weighted by atomic mass is 9.89. The minimum Gasteiger partial charge on any atom is -0.508 e. The number of para-hydroxylation sites is 1. The van der Waals surface area contributed by atoms with E-state index in [1.54, 1.807) is 48.5 Å². The second-order valence-electron chi connectivity index (χ2n) is 5.20. The van der Waals surface area contributed by atoms with Crippen molar-refractivity contribution in [1.29, 1.82) is 0 Å². The van der Waals surface area contributed by atoms with Crippen molar-refractivity contribution >= 4 is 11.0 Å². The van der Waals surface area contributed by atoms with Gasteiger partial charge in [0.1, 0.15) is 17.1 Å².